The van der Waals surface area contributed by atoms with Crippen LogP contribution in [0, 0.1) is 11.3 Å². The molecule has 1 amide bonds. The third-order valence-electron chi connectivity index (χ3n) is 2.15. The van der Waals surface area contributed by atoms with Gasteiger partial charge in [-0.15, -0.1) is 0 Å². The maximum Gasteiger partial charge on any atom is 0.262 e. The molecule has 0 atom stereocenters. The summed E-state index contributed by atoms with van der Waals surface area (Å²) < 4.78 is 5.27. The Balaban J connectivity index is 1.92. The van der Waals surface area contributed by atoms with E-state index in [2.05, 4.69) is 15.5 Å². The van der Waals surface area contributed by atoms with Crippen LogP contribution in [0.15, 0.2) is 36.7 Å². The van der Waals surface area contributed by atoms with E-state index in [1.165, 1.54) is 6.20 Å². The number of nitrogens with one attached hydrogen (secondary N) is 2. The van der Waals surface area contributed by atoms with E-state index in [4.69, 9.17) is 10.00 Å². The second kappa shape index (κ2) is 5.50. The Hall–Kier alpha value is -2.81. The molecule has 0 radical (unpaired) electrons. The number of aromatic amines is 1. The first-order valence-corrected chi connectivity index (χ1v) is 5.20. The predicted molar refractivity (Wildman–Crippen MR) is 63.9 cm³/mol. The van der Waals surface area contributed by atoms with E-state index in [-0.39, 0.29) is 12.5 Å². The van der Waals surface area contributed by atoms with Gasteiger partial charge in [-0.25, -0.2) is 0 Å². The number of para-hydroxylation sites is 1. The summed E-state index contributed by atoms with van der Waals surface area (Å²) in [5.41, 5.74) is 0.964. The normalized spacial score (nSPS) is 9.50. The van der Waals surface area contributed by atoms with Gasteiger partial charge in [0, 0.05) is 6.20 Å². The van der Waals surface area contributed by atoms with Crippen molar-refractivity contribution < 1.29 is 9.53 Å². The third kappa shape index (κ3) is 2.86. The zero-order valence-electron chi connectivity index (χ0n) is 9.38. The van der Waals surface area contributed by atoms with Gasteiger partial charge in [0.1, 0.15) is 11.8 Å². The summed E-state index contributed by atoms with van der Waals surface area (Å²) in [7, 11) is 0. The molecule has 0 aliphatic carbocycles. The van der Waals surface area contributed by atoms with Crippen LogP contribution in [-0.4, -0.2) is 22.7 Å². The van der Waals surface area contributed by atoms with Crippen molar-refractivity contribution in [3.05, 3.63) is 42.2 Å². The largest absolute Gasteiger partial charge is 0.482 e. The molecule has 0 saturated heterocycles. The average molecular weight is 242 g/mol. The lowest BCUT2D eigenvalue weighted by atomic mass is 10.2. The quantitative estimate of drug-likeness (QED) is 0.845. The van der Waals surface area contributed by atoms with E-state index in [9.17, 15) is 4.79 Å². The summed E-state index contributed by atoms with van der Waals surface area (Å²) in [5, 5.41) is 17.7. The topological polar surface area (TPSA) is 90.8 Å². The molecule has 18 heavy (non-hydrogen) atoms. The fraction of sp³-hybridized carbons (Fsp3) is 0.0833. The van der Waals surface area contributed by atoms with Crippen molar-refractivity contribution >= 4 is 11.6 Å². The standard InChI is InChI=1S/C12H10N4O2/c13-5-9-3-1-2-4-11(9)18-8-12(17)16-10-6-14-15-7-10/h1-4,6-7H,8H2,(H,14,15)(H,16,17). The van der Waals surface area contributed by atoms with E-state index < -0.39 is 0 Å². The molecule has 0 bridgehead atoms. The van der Waals surface area contributed by atoms with Crippen LogP contribution in [-0.2, 0) is 4.79 Å². The molecule has 6 nitrogen and oxygen atoms in total. The highest BCUT2D eigenvalue weighted by Gasteiger charge is 2.06. The maximum absolute atomic E-state index is 11.5. The molecule has 2 N–H and O–H groups in total. The number of anilines is 1. The minimum absolute atomic E-state index is 0.163. The summed E-state index contributed by atoms with van der Waals surface area (Å²) in [4.78, 5) is 11.5. The number of amides is 1. The van der Waals surface area contributed by atoms with Gasteiger partial charge in [-0.05, 0) is 12.1 Å². The maximum atomic E-state index is 11.5. The van der Waals surface area contributed by atoms with Crippen LogP contribution in [0.5, 0.6) is 5.75 Å². The molecule has 0 spiro atoms. The van der Waals surface area contributed by atoms with Crippen LogP contribution >= 0.6 is 0 Å². The molecule has 0 unspecified atom stereocenters. The first-order valence-electron chi connectivity index (χ1n) is 5.20. The Morgan fingerprint density at radius 3 is 3.06 bits per heavy atom. The van der Waals surface area contributed by atoms with E-state index in [0.29, 0.717) is 17.0 Å². The lowest BCUT2D eigenvalue weighted by molar-refractivity contribution is -0.118. The third-order valence-corrected chi connectivity index (χ3v) is 2.15. The number of ether oxygens (including phenoxy) is 1. The van der Waals surface area contributed by atoms with Crippen molar-refractivity contribution in [1.29, 1.82) is 5.26 Å². The Labute approximate surface area is 103 Å². The van der Waals surface area contributed by atoms with Crippen molar-refractivity contribution in [3.63, 3.8) is 0 Å². The SMILES string of the molecule is N#Cc1ccccc1OCC(=O)Nc1cn[nH]c1. The lowest BCUT2D eigenvalue weighted by Crippen LogP contribution is -2.20. The minimum atomic E-state index is -0.316. The van der Waals surface area contributed by atoms with Crippen molar-refractivity contribution in [2.75, 3.05) is 11.9 Å². The fourth-order valence-corrected chi connectivity index (χ4v) is 1.34. The Morgan fingerprint density at radius 2 is 2.33 bits per heavy atom. The Morgan fingerprint density at radius 1 is 1.50 bits per heavy atom. The van der Waals surface area contributed by atoms with Gasteiger partial charge in [0.15, 0.2) is 6.61 Å². The number of H-pyrrole nitrogens is 1. The summed E-state index contributed by atoms with van der Waals surface area (Å²) in [6, 6.07) is 8.74. The number of hydrogen-bond acceptors (Lipinski definition) is 4. The second-order valence-corrected chi connectivity index (χ2v) is 3.43. The van der Waals surface area contributed by atoms with E-state index >= 15 is 0 Å². The van der Waals surface area contributed by atoms with Gasteiger partial charge in [0.2, 0.25) is 0 Å². The van der Waals surface area contributed by atoms with Crippen LogP contribution < -0.4 is 10.1 Å². The van der Waals surface area contributed by atoms with Gasteiger partial charge in [-0.1, -0.05) is 12.1 Å². The summed E-state index contributed by atoms with van der Waals surface area (Å²) >= 11 is 0. The number of hydrogen-bond donors (Lipinski definition) is 2. The predicted octanol–water partition coefficient (Wildman–Crippen LogP) is 1.30. The molecule has 1 aromatic carbocycles. The summed E-state index contributed by atoms with van der Waals surface area (Å²) in [6.07, 6.45) is 3.04. The average Bonchev–Trinajstić information content (AvgIpc) is 2.89. The molecule has 1 aromatic heterocycles. The number of benzene rings is 1. The van der Waals surface area contributed by atoms with Gasteiger partial charge >= 0.3 is 0 Å². The minimum Gasteiger partial charge on any atom is -0.482 e. The second-order valence-electron chi connectivity index (χ2n) is 3.43. The number of carbonyl (C=O) groups is 1. The van der Waals surface area contributed by atoms with Crippen LogP contribution in [0.1, 0.15) is 5.56 Å². The molecule has 2 aromatic rings. The van der Waals surface area contributed by atoms with Gasteiger partial charge < -0.3 is 10.1 Å². The first kappa shape index (κ1) is 11.7. The molecule has 0 aliphatic rings. The number of carbonyl (C=O) groups excluding carboxylic acids is 1. The molecule has 1 heterocycles. The summed E-state index contributed by atoms with van der Waals surface area (Å²) in [5.74, 6) is 0.0755. The number of rotatable bonds is 4. The van der Waals surface area contributed by atoms with Gasteiger partial charge in [0.05, 0.1) is 17.4 Å². The summed E-state index contributed by atoms with van der Waals surface area (Å²) in [6.45, 7) is -0.163. The van der Waals surface area contributed by atoms with Crippen molar-refractivity contribution in [2.45, 2.75) is 0 Å². The molecule has 6 heteroatoms. The molecule has 0 saturated carbocycles. The Kier molecular flexibility index (Phi) is 3.56. The van der Waals surface area contributed by atoms with E-state index in [1.807, 2.05) is 6.07 Å². The fourth-order valence-electron chi connectivity index (χ4n) is 1.34. The van der Waals surface area contributed by atoms with Crippen molar-refractivity contribution in [1.82, 2.24) is 10.2 Å². The highest BCUT2D eigenvalue weighted by atomic mass is 16.5. The number of nitriles is 1. The van der Waals surface area contributed by atoms with E-state index in [1.54, 1.807) is 30.5 Å². The highest BCUT2D eigenvalue weighted by molar-refractivity contribution is 5.91. The monoisotopic (exact) mass is 242 g/mol. The molecule has 90 valence electrons. The molecular weight excluding hydrogens is 232 g/mol. The first-order chi connectivity index (χ1) is 8.79. The Bertz CT molecular complexity index is 572. The smallest absolute Gasteiger partial charge is 0.262 e. The zero-order valence-corrected chi connectivity index (χ0v) is 9.38. The van der Waals surface area contributed by atoms with E-state index in [0.717, 1.165) is 0 Å². The van der Waals surface area contributed by atoms with Crippen molar-refractivity contribution in [3.8, 4) is 11.8 Å². The zero-order chi connectivity index (χ0) is 12.8. The molecular formula is C12H10N4O2. The van der Waals surface area contributed by atoms with Crippen LogP contribution in [0.25, 0.3) is 0 Å². The number of aromatic nitrogens is 2. The lowest BCUT2D eigenvalue weighted by Gasteiger charge is -2.07. The molecule has 2 rings (SSSR count). The van der Waals surface area contributed by atoms with Gasteiger partial charge in [-0.3, -0.25) is 9.89 Å². The molecule has 0 fully saturated rings. The highest BCUT2D eigenvalue weighted by Crippen LogP contribution is 2.16. The number of nitrogens with zero attached hydrogens (tertiary/aromatic N) is 2. The molecule has 0 aliphatic heterocycles. The van der Waals surface area contributed by atoms with Crippen LogP contribution in [0.2, 0.25) is 0 Å². The van der Waals surface area contributed by atoms with Crippen LogP contribution in [0.3, 0.4) is 0 Å². The van der Waals surface area contributed by atoms with Gasteiger partial charge in [-0.2, -0.15) is 10.4 Å². The van der Waals surface area contributed by atoms with Gasteiger partial charge in [0.25, 0.3) is 5.91 Å². The van der Waals surface area contributed by atoms with Crippen LogP contribution in [0.4, 0.5) is 5.69 Å². The van der Waals surface area contributed by atoms with Crippen molar-refractivity contribution in [2.24, 2.45) is 0 Å².